The number of carboxylic acid groups (broad SMARTS) is 1. The minimum absolute atomic E-state index is 0.0707. The molecular formula is C20H20FNO4. The molecule has 3 rings (SSSR count). The second kappa shape index (κ2) is 7.56. The topological polar surface area (TPSA) is 66.8 Å². The molecule has 0 aromatic heterocycles. The number of aromatic carboxylic acids is 1. The maximum atomic E-state index is 14.2. The fourth-order valence-electron chi connectivity index (χ4n) is 3.21. The Labute approximate surface area is 151 Å². The minimum atomic E-state index is -0.982. The molecule has 0 saturated carbocycles. The van der Waals surface area contributed by atoms with Crippen LogP contribution in [0.2, 0.25) is 0 Å². The molecule has 2 aromatic rings. The van der Waals surface area contributed by atoms with Crippen molar-refractivity contribution in [2.75, 3.05) is 13.7 Å². The summed E-state index contributed by atoms with van der Waals surface area (Å²) in [6, 6.07) is 9.92. The smallest absolute Gasteiger partial charge is 0.335 e. The van der Waals surface area contributed by atoms with Crippen LogP contribution in [0.15, 0.2) is 36.4 Å². The van der Waals surface area contributed by atoms with E-state index in [9.17, 15) is 14.0 Å². The van der Waals surface area contributed by atoms with Crippen molar-refractivity contribution in [1.82, 2.24) is 4.90 Å². The van der Waals surface area contributed by atoms with Crippen LogP contribution in [-0.2, 0) is 24.2 Å². The lowest BCUT2D eigenvalue weighted by atomic mass is 9.97. The van der Waals surface area contributed by atoms with Crippen LogP contribution < -0.4 is 4.74 Å². The van der Waals surface area contributed by atoms with Crippen molar-refractivity contribution in [1.29, 1.82) is 0 Å². The van der Waals surface area contributed by atoms with Crippen LogP contribution in [0.25, 0.3) is 0 Å². The molecule has 26 heavy (non-hydrogen) atoms. The number of benzene rings is 2. The summed E-state index contributed by atoms with van der Waals surface area (Å²) >= 11 is 0. The Bertz CT molecular complexity index is 850. The lowest BCUT2D eigenvalue weighted by molar-refractivity contribution is -0.132. The first-order valence-corrected chi connectivity index (χ1v) is 8.44. The molecule has 5 nitrogen and oxygen atoms in total. The highest BCUT2D eigenvalue weighted by Crippen LogP contribution is 2.23. The summed E-state index contributed by atoms with van der Waals surface area (Å²) < 4.78 is 19.1. The zero-order valence-electron chi connectivity index (χ0n) is 14.5. The first kappa shape index (κ1) is 17.9. The molecule has 0 fully saturated rings. The van der Waals surface area contributed by atoms with Gasteiger partial charge in [0.05, 0.1) is 12.7 Å². The van der Waals surface area contributed by atoms with Crippen LogP contribution in [0.3, 0.4) is 0 Å². The predicted octanol–water partition coefficient (Wildman–Crippen LogP) is 3.05. The Balaban J connectivity index is 1.66. The second-order valence-electron chi connectivity index (χ2n) is 6.29. The molecule has 0 bridgehead atoms. The van der Waals surface area contributed by atoms with Crippen LogP contribution in [-0.4, -0.2) is 35.5 Å². The van der Waals surface area contributed by atoms with Crippen molar-refractivity contribution >= 4 is 11.9 Å². The van der Waals surface area contributed by atoms with E-state index >= 15 is 0 Å². The highest BCUT2D eigenvalue weighted by atomic mass is 19.1. The Morgan fingerprint density at radius 2 is 2.04 bits per heavy atom. The van der Waals surface area contributed by atoms with E-state index in [1.807, 2.05) is 6.07 Å². The first-order chi connectivity index (χ1) is 12.5. The highest BCUT2D eigenvalue weighted by Gasteiger charge is 2.22. The quantitative estimate of drug-likeness (QED) is 0.893. The SMILES string of the molecule is COc1cccc(CCC(=O)N2CCc3ccc(C(=O)O)cc3C2)c1F. The van der Waals surface area contributed by atoms with Gasteiger partial charge in [0.25, 0.3) is 0 Å². The van der Waals surface area contributed by atoms with E-state index in [2.05, 4.69) is 0 Å². The number of carbonyl (C=O) groups is 2. The molecule has 1 heterocycles. The number of hydrogen-bond donors (Lipinski definition) is 1. The Morgan fingerprint density at radius 1 is 1.23 bits per heavy atom. The van der Waals surface area contributed by atoms with E-state index in [0.717, 1.165) is 11.1 Å². The molecule has 0 atom stereocenters. The third kappa shape index (κ3) is 3.69. The molecule has 0 spiro atoms. The van der Waals surface area contributed by atoms with Crippen molar-refractivity contribution < 1.29 is 23.8 Å². The van der Waals surface area contributed by atoms with E-state index in [-0.39, 0.29) is 23.6 Å². The Morgan fingerprint density at radius 3 is 2.77 bits per heavy atom. The minimum Gasteiger partial charge on any atom is -0.494 e. The van der Waals surface area contributed by atoms with Crippen molar-refractivity contribution in [3.05, 3.63) is 64.5 Å². The van der Waals surface area contributed by atoms with Gasteiger partial charge >= 0.3 is 5.97 Å². The summed E-state index contributed by atoms with van der Waals surface area (Å²) in [5.74, 6) is -1.32. The maximum absolute atomic E-state index is 14.2. The number of fused-ring (bicyclic) bond motifs is 1. The maximum Gasteiger partial charge on any atom is 0.335 e. The number of amides is 1. The number of nitrogens with zero attached hydrogens (tertiary/aromatic N) is 1. The average molecular weight is 357 g/mol. The van der Waals surface area contributed by atoms with Crippen LogP contribution in [0.4, 0.5) is 4.39 Å². The second-order valence-corrected chi connectivity index (χ2v) is 6.29. The molecule has 0 unspecified atom stereocenters. The van der Waals surface area contributed by atoms with Crippen LogP contribution in [0.1, 0.15) is 33.5 Å². The largest absolute Gasteiger partial charge is 0.494 e. The fourth-order valence-corrected chi connectivity index (χ4v) is 3.21. The number of hydrogen-bond acceptors (Lipinski definition) is 3. The van der Waals surface area contributed by atoms with Crippen molar-refractivity contribution in [2.24, 2.45) is 0 Å². The van der Waals surface area contributed by atoms with E-state index < -0.39 is 11.8 Å². The van der Waals surface area contributed by atoms with Crippen LogP contribution >= 0.6 is 0 Å². The predicted molar refractivity (Wildman–Crippen MR) is 93.8 cm³/mol. The van der Waals surface area contributed by atoms with Crippen LogP contribution in [0, 0.1) is 5.82 Å². The van der Waals surface area contributed by atoms with Gasteiger partial charge in [-0.25, -0.2) is 9.18 Å². The lowest BCUT2D eigenvalue weighted by Crippen LogP contribution is -2.36. The van der Waals surface area contributed by atoms with Crippen molar-refractivity contribution in [3.8, 4) is 5.75 Å². The number of methoxy groups -OCH3 is 1. The molecule has 6 heteroatoms. The zero-order valence-corrected chi connectivity index (χ0v) is 14.5. The third-order valence-electron chi connectivity index (χ3n) is 4.69. The van der Waals surface area contributed by atoms with Gasteiger partial charge < -0.3 is 14.7 Å². The lowest BCUT2D eigenvalue weighted by Gasteiger charge is -2.29. The molecule has 1 aliphatic rings. The van der Waals surface area contributed by atoms with E-state index in [4.69, 9.17) is 9.84 Å². The number of aryl methyl sites for hydroxylation is 1. The third-order valence-corrected chi connectivity index (χ3v) is 4.69. The molecular weight excluding hydrogens is 337 g/mol. The number of halogens is 1. The number of rotatable bonds is 5. The molecule has 2 aromatic carbocycles. The molecule has 0 saturated heterocycles. The summed E-state index contributed by atoms with van der Waals surface area (Å²) in [7, 11) is 1.41. The van der Waals surface area contributed by atoms with Crippen LogP contribution in [0.5, 0.6) is 5.75 Å². The number of carbonyl (C=O) groups excluding carboxylic acids is 1. The fraction of sp³-hybridized carbons (Fsp3) is 0.300. The highest BCUT2D eigenvalue weighted by molar-refractivity contribution is 5.88. The van der Waals surface area contributed by atoms with Crippen molar-refractivity contribution in [3.63, 3.8) is 0 Å². The van der Waals surface area contributed by atoms with Crippen molar-refractivity contribution in [2.45, 2.75) is 25.8 Å². The first-order valence-electron chi connectivity index (χ1n) is 8.44. The summed E-state index contributed by atoms with van der Waals surface area (Å²) in [5, 5.41) is 9.11. The van der Waals surface area contributed by atoms with Gasteiger partial charge in [-0.3, -0.25) is 4.79 Å². The number of ether oxygens (including phenoxy) is 1. The Hall–Kier alpha value is -2.89. The normalized spacial score (nSPS) is 13.2. The number of carboxylic acids is 1. The summed E-state index contributed by atoms with van der Waals surface area (Å²) in [6.45, 7) is 0.967. The van der Waals surface area contributed by atoms with Gasteiger partial charge in [0.2, 0.25) is 5.91 Å². The van der Waals surface area contributed by atoms with E-state index in [0.29, 0.717) is 31.5 Å². The van der Waals surface area contributed by atoms with Gasteiger partial charge in [0.1, 0.15) is 0 Å². The molecule has 1 N–H and O–H groups in total. The van der Waals surface area contributed by atoms with Gasteiger partial charge in [-0.1, -0.05) is 18.2 Å². The van der Waals surface area contributed by atoms with Gasteiger partial charge in [0.15, 0.2) is 11.6 Å². The molecule has 0 aliphatic carbocycles. The van der Waals surface area contributed by atoms with E-state index in [1.54, 1.807) is 35.2 Å². The molecule has 1 aliphatic heterocycles. The van der Waals surface area contributed by atoms with Gasteiger partial charge in [-0.2, -0.15) is 0 Å². The van der Waals surface area contributed by atoms with E-state index in [1.165, 1.54) is 7.11 Å². The van der Waals surface area contributed by atoms with Gasteiger partial charge in [-0.15, -0.1) is 0 Å². The monoisotopic (exact) mass is 357 g/mol. The summed E-state index contributed by atoms with van der Waals surface area (Å²) in [5.41, 5.74) is 2.59. The average Bonchev–Trinajstić information content (AvgIpc) is 2.66. The zero-order chi connectivity index (χ0) is 18.7. The van der Waals surface area contributed by atoms with Gasteiger partial charge in [0, 0.05) is 19.5 Å². The molecule has 1 amide bonds. The molecule has 136 valence electrons. The molecule has 0 radical (unpaired) electrons. The standard InChI is InChI=1S/C20H20FNO4/c1-26-17-4-2-3-14(19(17)21)7-8-18(23)22-10-9-13-5-6-15(20(24)25)11-16(13)12-22/h2-6,11H,7-10,12H2,1H3,(H,24,25). The summed E-state index contributed by atoms with van der Waals surface area (Å²) in [6.07, 6.45) is 1.17. The summed E-state index contributed by atoms with van der Waals surface area (Å²) in [4.78, 5) is 25.3. The Kier molecular flexibility index (Phi) is 5.21. The van der Waals surface area contributed by atoms with Gasteiger partial charge in [-0.05, 0) is 47.7 Å².